The maximum atomic E-state index is 11.1. The normalized spacial score (nSPS) is 41.2. The summed E-state index contributed by atoms with van der Waals surface area (Å²) in [5.41, 5.74) is -1.08. The number of esters is 1. The van der Waals surface area contributed by atoms with Gasteiger partial charge in [0.05, 0.1) is 50.8 Å². The van der Waals surface area contributed by atoms with E-state index in [0.29, 0.717) is 39.0 Å². The number of hydrogen-bond donors (Lipinski definition) is 2. The topological polar surface area (TPSA) is 122 Å². The molecular formula is C27H38N2O9. The molecule has 5 rings (SSSR count). The minimum Gasteiger partial charge on any atom is -0.466 e. The maximum Gasteiger partial charge on any atom is 0.330 e. The highest BCUT2D eigenvalue weighted by molar-refractivity contribution is 5.81. The number of methoxy groups -OCH3 is 1. The third kappa shape index (κ3) is 6.37. The molecule has 2 N–H and O–H groups in total. The van der Waals surface area contributed by atoms with Crippen molar-refractivity contribution < 1.29 is 43.4 Å². The largest absolute Gasteiger partial charge is 0.466 e. The molecule has 0 radical (unpaired) electrons. The number of carbonyl (C=O) groups excluding carboxylic acids is 1. The van der Waals surface area contributed by atoms with Gasteiger partial charge in [-0.1, -0.05) is 0 Å². The van der Waals surface area contributed by atoms with E-state index in [1.807, 2.05) is 0 Å². The summed E-state index contributed by atoms with van der Waals surface area (Å²) in [6, 6.07) is 0. The van der Waals surface area contributed by atoms with E-state index in [1.165, 1.54) is 13.2 Å². The van der Waals surface area contributed by atoms with Gasteiger partial charge < -0.3 is 48.3 Å². The van der Waals surface area contributed by atoms with Crippen molar-refractivity contribution in [3.63, 3.8) is 0 Å². The number of aliphatic hydroxyl groups excluding tert-OH is 2. The van der Waals surface area contributed by atoms with Crippen molar-refractivity contribution in [2.75, 3.05) is 33.4 Å². The molecule has 11 heteroatoms. The Labute approximate surface area is 223 Å². The Hall–Kier alpha value is -2.09. The lowest BCUT2D eigenvalue weighted by Gasteiger charge is -2.42. The Morgan fingerprint density at radius 2 is 1.71 bits per heavy atom. The molecule has 0 aromatic rings. The number of fused-ring (bicyclic) bond motifs is 2. The average molecular weight is 535 g/mol. The standard InChI is InChI=1S/C15H21NO5.C12H17NO4/c1-16-8-7-11-3-5-13-15(10-17,21-11)9-12(20-13)4-6-14(18)19-2;1-13-5-4-8-2-3-10-12(17-8)6-9(16-10)11(14)15-7-12/h4,6,11-13,17H,3,5,7-10H2,2H3;8-11,14H,2-7H2/b6-4+;/t11-,12+,13+,15-;8-,9-,10+,11?,12-/m11/s1. The van der Waals surface area contributed by atoms with E-state index in [9.17, 15) is 15.0 Å². The highest BCUT2D eigenvalue weighted by Gasteiger charge is 2.58. The van der Waals surface area contributed by atoms with Crippen LogP contribution in [0.5, 0.6) is 0 Å². The van der Waals surface area contributed by atoms with E-state index < -0.39 is 17.9 Å². The summed E-state index contributed by atoms with van der Waals surface area (Å²) in [4.78, 5) is 17.9. The Balaban J connectivity index is 0.000000180. The summed E-state index contributed by atoms with van der Waals surface area (Å²) in [5, 5.41) is 19.4. The maximum absolute atomic E-state index is 11.1. The van der Waals surface area contributed by atoms with Crippen LogP contribution in [0.25, 0.3) is 9.69 Å². The van der Waals surface area contributed by atoms with Gasteiger partial charge in [-0.25, -0.2) is 17.9 Å². The minimum atomic E-state index is -0.809. The van der Waals surface area contributed by atoms with Crippen molar-refractivity contribution >= 4 is 5.97 Å². The van der Waals surface area contributed by atoms with Gasteiger partial charge >= 0.3 is 5.97 Å². The first kappa shape index (κ1) is 28.9. The molecule has 5 saturated heterocycles. The lowest BCUT2D eigenvalue weighted by Crippen LogP contribution is -2.54. The van der Waals surface area contributed by atoms with E-state index in [4.69, 9.17) is 36.8 Å². The Kier molecular flexibility index (Phi) is 9.77. The van der Waals surface area contributed by atoms with Crippen LogP contribution in [0, 0.1) is 13.1 Å². The van der Waals surface area contributed by atoms with Crippen molar-refractivity contribution in [2.45, 2.75) is 105 Å². The molecule has 5 aliphatic rings. The van der Waals surface area contributed by atoms with Crippen LogP contribution in [0.1, 0.15) is 51.4 Å². The van der Waals surface area contributed by atoms with Crippen LogP contribution < -0.4 is 0 Å². The average Bonchev–Trinajstić information content (AvgIpc) is 3.47. The number of nitrogens with zero attached hydrogens (tertiary/aromatic N) is 2. The molecule has 0 aliphatic carbocycles. The van der Waals surface area contributed by atoms with Crippen molar-refractivity contribution in [2.24, 2.45) is 0 Å². The molecule has 9 atom stereocenters. The van der Waals surface area contributed by atoms with Crippen LogP contribution in [0.2, 0.25) is 0 Å². The summed E-state index contributed by atoms with van der Waals surface area (Å²) >= 11 is 0. The molecular weight excluding hydrogens is 496 g/mol. The van der Waals surface area contributed by atoms with Crippen molar-refractivity contribution in [1.29, 1.82) is 0 Å². The van der Waals surface area contributed by atoms with Crippen LogP contribution in [-0.4, -0.2) is 104 Å². The van der Waals surface area contributed by atoms with E-state index >= 15 is 0 Å². The van der Waals surface area contributed by atoms with E-state index in [-0.39, 0.29) is 48.8 Å². The number of hydrogen-bond acceptors (Lipinski definition) is 9. The van der Waals surface area contributed by atoms with Gasteiger partial charge in [-0.15, -0.1) is 0 Å². The molecule has 11 nitrogen and oxygen atoms in total. The van der Waals surface area contributed by atoms with Gasteiger partial charge in [0.2, 0.25) is 13.1 Å². The van der Waals surface area contributed by atoms with Crippen molar-refractivity contribution in [3.8, 4) is 0 Å². The zero-order valence-electron chi connectivity index (χ0n) is 21.8. The molecule has 210 valence electrons. The molecule has 0 aromatic carbocycles. The molecule has 0 amide bonds. The molecule has 38 heavy (non-hydrogen) atoms. The Morgan fingerprint density at radius 3 is 2.37 bits per heavy atom. The van der Waals surface area contributed by atoms with Crippen LogP contribution in [0.15, 0.2) is 12.2 Å². The molecule has 5 aliphatic heterocycles. The van der Waals surface area contributed by atoms with Gasteiger partial charge in [0.15, 0.2) is 6.29 Å². The summed E-state index contributed by atoms with van der Waals surface area (Å²) in [7, 11) is 1.32. The number of ether oxygens (including phenoxy) is 6. The highest BCUT2D eigenvalue weighted by atomic mass is 16.7. The number of aliphatic hydroxyl groups is 2. The third-order valence-corrected chi connectivity index (χ3v) is 8.11. The zero-order valence-corrected chi connectivity index (χ0v) is 21.8. The van der Waals surface area contributed by atoms with Crippen molar-refractivity contribution in [1.82, 2.24) is 0 Å². The predicted molar refractivity (Wildman–Crippen MR) is 133 cm³/mol. The zero-order chi connectivity index (χ0) is 27.2. The summed E-state index contributed by atoms with van der Waals surface area (Å²) in [6.45, 7) is 14.9. The molecule has 5 fully saturated rings. The van der Waals surface area contributed by atoms with Gasteiger partial charge in [-0.2, -0.15) is 0 Å². The third-order valence-electron chi connectivity index (χ3n) is 8.11. The van der Waals surface area contributed by atoms with Gasteiger partial charge in [0, 0.05) is 31.8 Å². The number of carbonyl (C=O) groups is 1. The van der Waals surface area contributed by atoms with Gasteiger partial charge in [-0.05, 0) is 31.8 Å². The Bertz CT molecular complexity index is 932. The lowest BCUT2D eigenvalue weighted by molar-refractivity contribution is -0.222. The second-order valence-electron chi connectivity index (χ2n) is 10.6. The molecule has 1 unspecified atom stereocenters. The number of rotatable bonds is 7. The summed E-state index contributed by atoms with van der Waals surface area (Å²) in [5.74, 6) is -0.428. The van der Waals surface area contributed by atoms with Crippen LogP contribution in [0.3, 0.4) is 0 Å². The predicted octanol–water partition coefficient (Wildman–Crippen LogP) is 1.81. The molecule has 0 saturated carbocycles. The molecule has 0 aromatic heterocycles. The van der Waals surface area contributed by atoms with Crippen LogP contribution in [-0.2, 0) is 33.2 Å². The monoisotopic (exact) mass is 534 g/mol. The Morgan fingerprint density at radius 1 is 1.03 bits per heavy atom. The van der Waals surface area contributed by atoms with Gasteiger partial charge in [-0.3, -0.25) is 0 Å². The van der Waals surface area contributed by atoms with Gasteiger partial charge in [0.1, 0.15) is 17.3 Å². The lowest BCUT2D eigenvalue weighted by atomic mass is 9.85. The first-order chi connectivity index (χ1) is 18.4. The fourth-order valence-electron chi connectivity index (χ4n) is 6.16. The molecule has 2 bridgehead atoms. The molecule has 5 heterocycles. The van der Waals surface area contributed by atoms with Crippen molar-refractivity contribution in [3.05, 3.63) is 35.0 Å². The van der Waals surface area contributed by atoms with Gasteiger partial charge in [0.25, 0.3) is 0 Å². The van der Waals surface area contributed by atoms with E-state index in [2.05, 4.69) is 14.4 Å². The smallest absolute Gasteiger partial charge is 0.330 e. The van der Waals surface area contributed by atoms with Crippen LogP contribution >= 0.6 is 0 Å². The fraction of sp³-hybridized carbons (Fsp3) is 0.815. The first-order valence-corrected chi connectivity index (χ1v) is 13.4. The highest BCUT2D eigenvalue weighted by Crippen LogP contribution is 2.46. The van der Waals surface area contributed by atoms with Crippen LogP contribution in [0.4, 0.5) is 0 Å². The SMILES string of the molecule is [C-]#[N+]CC[C@H]1CC[C@@H]2O[C@@H](/C=C/C(=O)OC)C[C@]2(CO)O1.[C-]#[N+]CC[C@H]1CC[C@@H]2O[C@@H]3C[C@]2(COC3O)O1. The second kappa shape index (κ2) is 12.8. The second-order valence-corrected chi connectivity index (χ2v) is 10.6. The van der Waals surface area contributed by atoms with E-state index in [0.717, 1.165) is 32.1 Å². The first-order valence-electron chi connectivity index (χ1n) is 13.4. The summed E-state index contributed by atoms with van der Waals surface area (Å²) in [6.07, 6.45) is 7.88. The van der Waals surface area contributed by atoms with E-state index in [1.54, 1.807) is 6.08 Å². The molecule has 1 spiro atoms. The quantitative estimate of drug-likeness (QED) is 0.286. The summed E-state index contributed by atoms with van der Waals surface area (Å²) < 4.78 is 33.7. The fourth-order valence-corrected chi connectivity index (χ4v) is 6.16. The minimum absolute atomic E-state index is 0.00515.